The van der Waals surface area contributed by atoms with E-state index in [2.05, 4.69) is 48.4 Å². The molecule has 1 aliphatic rings. The number of amides is 1. The monoisotopic (exact) mass is 519 g/mol. The number of carbonyl (C=O) groups excluding carboxylic acids is 1. The molecule has 1 heterocycles. The van der Waals surface area contributed by atoms with Gasteiger partial charge >= 0.3 is 0 Å². The number of hydrogen-bond acceptors (Lipinski definition) is 4. The van der Waals surface area contributed by atoms with E-state index >= 15 is 0 Å². The van der Waals surface area contributed by atoms with Crippen LogP contribution in [0.1, 0.15) is 96.5 Å². The fourth-order valence-electron chi connectivity index (χ4n) is 4.87. The van der Waals surface area contributed by atoms with Crippen molar-refractivity contribution in [2.24, 2.45) is 0 Å². The van der Waals surface area contributed by atoms with Gasteiger partial charge in [-0.15, -0.1) is 0 Å². The number of benzene rings is 2. The number of ether oxygens (including phenoxy) is 1. The summed E-state index contributed by atoms with van der Waals surface area (Å²) in [6, 6.07) is 15.9. The van der Waals surface area contributed by atoms with Crippen molar-refractivity contribution in [3.05, 3.63) is 66.5 Å². The molecule has 2 aromatic rings. The first-order valence-electron chi connectivity index (χ1n) is 14.9. The third-order valence-corrected chi connectivity index (χ3v) is 7.46. The number of carbonyl (C=O) groups is 1. The average Bonchev–Trinajstić information content (AvgIpc) is 3.26. The third-order valence-electron chi connectivity index (χ3n) is 7.46. The second-order valence-corrected chi connectivity index (χ2v) is 10.7. The minimum atomic E-state index is -0.0166. The van der Waals surface area contributed by atoms with Crippen molar-refractivity contribution in [3.8, 4) is 5.75 Å². The Morgan fingerprint density at radius 1 is 0.789 bits per heavy atom. The van der Waals surface area contributed by atoms with E-state index in [0.717, 1.165) is 35.7 Å². The van der Waals surface area contributed by atoms with Gasteiger partial charge in [0.15, 0.2) is 0 Å². The molecule has 5 heteroatoms. The van der Waals surface area contributed by atoms with Gasteiger partial charge in [0.1, 0.15) is 11.9 Å². The molecular formula is C33H49N3O2. The summed E-state index contributed by atoms with van der Waals surface area (Å²) < 4.78 is 5.91. The Balaban J connectivity index is 1.24. The van der Waals surface area contributed by atoms with Gasteiger partial charge in [-0.05, 0) is 55.3 Å². The van der Waals surface area contributed by atoms with Gasteiger partial charge in [0.25, 0.3) is 0 Å². The largest absolute Gasteiger partial charge is 0.494 e. The van der Waals surface area contributed by atoms with Crippen LogP contribution in [0.4, 0.5) is 11.4 Å². The van der Waals surface area contributed by atoms with Gasteiger partial charge in [-0.3, -0.25) is 4.79 Å². The van der Waals surface area contributed by atoms with Crippen molar-refractivity contribution in [2.75, 3.05) is 23.9 Å². The highest BCUT2D eigenvalue weighted by molar-refractivity contribution is 5.92. The Labute approximate surface area is 231 Å². The number of hydrogen-bond donors (Lipinski definition) is 1. The number of unbranched alkanes of at least 4 members (excludes halogenated alkanes) is 11. The van der Waals surface area contributed by atoms with E-state index in [4.69, 9.17) is 4.74 Å². The molecular weight excluding hydrogens is 470 g/mol. The van der Waals surface area contributed by atoms with Crippen LogP contribution in [-0.4, -0.2) is 30.6 Å². The maximum atomic E-state index is 12.5. The molecule has 0 spiro atoms. The van der Waals surface area contributed by atoms with Gasteiger partial charge in [-0.2, -0.15) is 0 Å². The van der Waals surface area contributed by atoms with E-state index in [1.165, 1.54) is 70.6 Å². The predicted octanol–water partition coefficient (Wildman–Crippen LogP) is 8.52. The highest BCUT2D eigenvalue weighted by Gasteiger charge is 2.19. The van der Waals surface area contributed by atoms with Crippen LogP contribution in [0.25, 0.3) is 0 Å². The molecule has 0 saturated carbocycles. The molecule has 0 bridgehead atoms. The van der Waals surface area contributed by atoms with Gasteiger partial charge < -0.3 is 19.9 Å². The fraction of sp³-hybridized carbons (Fsp3) is 0.545. The Morgan fingerprint density at radius 2 is 1.37 bits per heavy atom. The van der Waals surface area contributed by atoms with E-state index in [9.17, 15) is 4.79 Å². The van der Waals surface area contributed by atoms with Gasteiger partial charge in [-0.25, -0.2) is 0 Å². The van der Waals surface area contributed by atoms with Crippen LogP contribution in [0, 0.1) is 0 Å². The van der Waals surface area contributed by atoms with E-state index < -0.39 is 0 Å². The lowest BCUT2D eigenvalue weighted by molar-refractivity contribution is -0.115. The summed E-state index contributed by atoms with van der Waals surface area (Å²) >= 11 is 0. The normalized spacial score (nSPS) is 14.8. The van der Waals surface area contributed by atoms with Gasteiger partial charge in [0.2, 0.25) is 5.91 Å². The van der Waals surface area contributed by atoms with E-state index in [0.29, 0.717) is 6.42 Å². The zero-order chi connectivity index (χ0) is 27.0. The summed E-state index contributed by atoms with van der Waals surface area (Å²) in [5.74, 6) is 0.862. The van der Waals surface area contributed by atoms with Crippen molar-refractivity contribution in [1.82, 2.24) is 4.90 Å². The van der Waals surface area contributed by atoms with Crippen LogP contribution in [-0.2, 0) is 11.2 Å². The third kappa shape index (κ3) is 10.4. The van der Waals surface area contributed by atoms with Gasteiger partial charge in [0.05, 0.1) is 13.0 Å². The van der Waals surface area contributed by atoms with E-state index in [-0.39, 0.29) is 12.1 Å². The lowest BCUT2D eigenvalue weighted by atomic mass is 10.1. The number of rotatable bonds is 18. The lowest BCUT2D eigenvalue weighted by Gasteiger charge is -2.27. The standard InChI is InChI=1S/C33H49N3O2/c1-4-5-6-7-8-9-10-11-12-13-14-15-26-38-32-22-16-29(17-23-32)27-33(37)34-30-18-20-31(21-19-30)36-25-24-35(3)28(36)2/h16-25,28H,4-15,26-27H2,1-3H3,(H,34,37). The highest BCUT2D eigenvalue weighted by atomic mass is 16.5. The Hall–Kier alpha value is -2.95. The predicted molar refractivity (Wildman–Crippen MR) is 161 cm³/mol. The minimum Gasteiger partial charge on any atom is -0.494 e. The molecule has 5 nitrogen and oxygen atoms in total. The number of anilines is 2. The molecule has 0 aromatic heterocycles. The van der Waals surface area contributed by atoms with Crippen LogP contribution in [0.15, 0.2) is 60.9 Å². The maximum Gasteiger partial charge on any atom is 0.228 e. The summed E-state index contributed by atoms with van der Waals surface area (Å²) in [7, 11) is 2.06. The molecule has 0 fully saturated rings. The Bertz CT molecular complexity index is 955. The second kappa shape index (κ2) is 16.8. The summed E-state index contributed by atoms with van der Waals surface area (Å²) in [6.07, 6.45) is 20.9. The molecule has 208 valence electrons. The number of nitrogens with one attached hydrogen (secondary N) is 1. The lowest BCUT2D eigenvalue weighted by Crippen LogP contribution is -2.33. The van der Waals surface area contributed by atoms with Crippen molar-refractivity contribution in [1.29, 1.82) is 0 Å². The molecule has 1 atom stereocenters. The van der Waals surface area contributed by atoms with Crippen molar-refractivity contribution < 1.29 is 9.53 Å². The molecule has 3 rings (SSSR count). The fourth-order valence-corrected chi connectivity index (χ4v) is 4.87. The van der Waals surface area contributed by atoms with Gasteiger partial charge in [0, 0.05) is 30.8 Å². The van der Waals surface area contributed by atoms with Crippen LogP contribution in [0.5, 0.6) is 5.75 Å². The minimum absolute atomic E-state index is 0.0166. The number of nitrogens with zero attached hydrogens (tertiary/aromatic N) is 2. The van der Waals surface area contributed by atoms with Crippen LogP contribution in [0.3, 0.4) is 0 Å². The van der Waals surface area contributed by atoms with E-state index in [1.54, 1.807) is 0 Å². The topological polar surface area (TPSA) is 44.8 Å². The zero-order valence-electron chi connectivity index (χ0n) is 24.0. The van der Waals surface area contributed by atoms with Crippen molar-refractivity contribution >= 4 is 17.3 Å². The Kier molecular flexibility index (Phi) is 13.1. The first-order valence-corrected chi connectivity index (χ1v) is 14.9. The summed E-state index contributed by atoms with van der Waals surface area (Å²) in [6.45, 7) is 5.19. The SMILES string of the molecule is CCCCCCCCCCCCCCOc1ccc(CC(=O)Nc2ccc(N3C=CN(C)C3C)cc2)cc1. The van der Waals surface area contributed by atoms with Crippen LogP contribution < -0.4 is 15.0 Å². The molecule has 1 aliphatic heterocycles. The van der Waals surface area contributed by atoms with E-state index in [1.807, 2.05) is 48.5 Å². The Morgan fingerprint density at radius 3 is 1.92 bits per heavy atom. The molecule has 38 heavy (non-hydrogen) atoms. The zero-order valence-corrected chi connectivity index (χ0v) is 24.0. The molecule has 1 N–H and O–H groups in total. The average molecular weight is 520 g/mol. The summed E-state index contributed by atoms with van der Waals surface area (Å²) in [5.41, 5.74) is 2.90. The van der Waals surface area contributed by atoms with Crippen molar-refractivity contribution in [2.45, 2.75) is 103 Å². The maximum absolute atomic E-state index is 12.5. The molecule has 0 saturated heterocycles. The smallest absolute Gasteiger partial charge is 0.228 e. The molecule has 1 unspecified atom stereocenters. The van der Waals surface area contributed by atoms with Crippen molar-refractivity contribution in [3.63, 3.8) is 0 Å². The van der Waals surface area contributed by atoms with Crippen LogP contribution >= 0.6 is 0 Å². The first-order chi connectivity index (χ1) is 18.6. The second-order valence-electron chi connectivity index (χ2n) is 10.7. The summed E-state index contributed by atoms with van der Waals surface area (Å²) in [4.78, 5) is 16.9. The first kappa shape index (κ1) is 29.6. The molecule has 1 amide bonds. The highest BCUT2D eigenvalue weighted by Crippen LogP contribution is 2.25. The van der Waals surface area contributed by atoms with Gasteiger partial charge in [-0.1, -0.05) is 89.7 Å². The molecule has 2 aromatic carbocycles. The quantitative estimate of drug-likeness (QED) is 0.200. The van der Waals surface area contributed by atoms with Crippen LogP contribution in [0.2, 0.25) is 0 Å². The summed E-state index contributed by atoms with van der Waals surface area (Å²) in [5, 5.41) is 3.01. The molecule has 0 radical (unpaired) electrons. The molecule has 0 aliphatic carbocycles.